The van der Waals surface area contributed by atoms with Gasteiger partial charge < -0.3 is 20.1 Å². The first kappa shape index (κ1) is 16.6. The van der Waals surface area contributed by atoms with Crippen molar-refractivity contribution in [3.8, 4) is 5.75 Å². The summed E-state index contributed by atoms with van der Waals surface area (Å²) in [6.07, 6.45) is 0.676. The van der Waals surface area contributed by atoms with E-state index >= 15 is 0 Å². The Morgan fingerprint density at radius 2 is 1.95 bits per heavy atom. The summed E-state index contributed by atoms with van der Waals surface area (Å²) in [7, 11) is 0. The number of aryl methyl sites for hydroxylation is 1. The first-order valence-electron chi connectivity index (χ1n) is 6.61. The Morgan fingerprint density at radius 1 is 1.35 bits per heavy atom. The van der Waals surface area contributed by atoms with Crippen molar-refractivity contribution in [3.05, 3.63) is 29.3 Å². The van der Waals surface area contributed by atoms with Crippen molar-refractivity contribution in [2.24, 2.45) is 0 Å². The van der Waals surface area contributed by atoms with Gasteiger partial charge in [-0.15, -0.1) is 0 Å². The highest BCUT2D eigenvalue weighted by atomic mass is 16.7. The van der Waals surface area contributed by atoms with Crippen molar-refractivity contribution in [1.82, 2.24) is 0 Å². The normalized spacial score (nSPS) is 14.8. The quantitative estimate of drug-likeness (QED) is 0.688. The molecule has 0 aliphatic carbocycles. The predicted molar refractivity (Wildman–Crippen MR) is 74.4 cm³/mol. The van der Waals surface area contributed by atoms with Gasteiger partial charge in [-0.2, -0.15) is 0 Å². The molecule has 1 aromatic carbocycles. The maximum absolute atomic E-state index is 11.7. The highest BCUT2D eigenvalue weighted by Crippen LogP contribution is 2.34. The SMILES string of the molecule is CC[C@H](C)Oc1ccc(C)cc1[C@H](C(C)=O)C(O)(O)O. The number of ether oxygens (including phenoxy) is 1. The molecule has 1 rings (SSSR count). The zero-order valence-electron chi connectivity index (χ0n) is 12.3. The largest absolute Gasteiger partial charge is 0.490 e. The number of hydrogen-bond donors (Lipinski definition) is 3. The van der Waals surface area contributed by atoms with Crippen LogP contribution in [0.2, 0.25) is 0 Å². The van der Waals surface area contributed by atoms with Crippen molar-refractivity contribution in [1.29, 1.82) is 0 Å². The van der Waals surface area contributed by atoms with Gasteiger partial charge in [-0.25, -0.2) is 0 Å². The van der Waals surface area contributed by atoms with E-state index in [4.69, 9.17) is 4.74 Å². The molecule has 20 heavy (non-hydrogen) atoms. The Morgan fingerprint density at radius 3 is 2.40 bits per heavy atom. The molecular formula is C15H22O5. The van der Waals surface area contributed by atoms with E-state index in [1.807, 2.05) is 20.8 Å². The van der Waals surface area contributed by atoms with Gasteiger partial charge >= 0.3 is 0 Å². The van der Waals surface area contributed by atoms with Gasteiger partial charge in [0.25, 0.3) is 5.97 Å². The van der Waals surface area contributed by atoms with Gasteiger partial charge in [0.15, 0.2) is 0 Å². The zero-order valence-corrected chi connectivity index (χ0v) is 12.3. The number of hydrogen-bond acceptors (Lipinski definition) is 5. The molecule has 0 aromatic heterocycles. The first-order chi connectivity index (χ1) is 9.16. The lowest BCUT2D eigenvalue weighted by Gasteiger charge is -2.27. The number of carbonyl (C=O) groups excluding carboxylic acids is 1. The Balaban J connectivity index is 3.32. The van der Waals surface area contributed by atoms with E-state index in [1.165, 1.54) is 6.92 Å². The van der Waals surface area contributed by atoms with Gasteiger partial charge in [0.2, 0.25) is 0 Å². The molecule has 0 saturated heterocycles. The van der Waals surface area contributed by atoms with E-state index in [1.54, 1.807) is 18.2 Å². The fourth-order valence-corrected chi connectivity index (χ4v) is 2.00. The summed E-state index contributed by atoms with van der Waals surface area (Å²) in [5, 5.41) is 28.3. The van der Waals surface area contributed by atoms with Crippen molar-refractivity contribution >= 4 is 5.78 Å². The third-order valence-corrected chi connectivity index (χ3v) is 3.17. The smallest absolute Gasteiger partial charge is 0.290 e. The maximum atomic E-state index is 11.7. The molecule has 5 nitrogen and oxygen atoms in total. The molecule has 1 aromatic rings. The predicted octanol–water partition coefficient (Wildman–Crippen LogP) is 1.48. The highest BCUT2D eigenvalue weighted by molar-refractivity contribution is 5.85. The van der Waals surface area contributed by atoms with E-state index < -0.39 is 17.7 Å². The lowest BCUT2D eigenvalue weighted by Crippen LogP contribution is -2.39. The van der Waals surface area contributed by atoms with Crippen molar-refractivity contribution < 1.29 is 24.9 Å². The fourth-order valence-electron chi connectivity index (χ4n) is 2.00. The number of ketones is 1. The van der Waals surface area contributed by atoms with Crippen LogP contribution < -0.4 is 4.74 Å². The molecule has 0 aliphatic rings. The number of benzene rings is 1. The standard InChI is InChI=1S/C15H22O5/c1-5-10(3)20-13-7-6-9(2)8-12(13)14(11(4)16)15(17,18)19/h6-8,10,14,17-19H,5H2,1-4H3/t10-,14-/m0/s1. The summed E-state index contributed by atoms with van der Waals surface area (Å²) in [6, 6.07) is 5.08. The molecule has 0 radical (unpaired) electrons. The van der Waals surface area contributed by atoms with Crippen molar-refractivity contribution in [2.75, 3.05) is 0 Å². The summed E-state index contributed by atoms with van der Waals surface area (Å²) in [5.74, 6) is -4.78. The van der Waals surface area contributed by atoms with Crippen LogP contribution in [0.25, 0.3) is 0 Å². The third-order valence-electron chi connectivity index (χ3n) is 3.17. The van der Waals surface area contributed by atoms with Gasteiger partial charge in [0.1, 0.15) is 17.5 Å². The van der Waals surface area contributed by atoms with Crippen LogP contribution in [0.4, 0.5) is 0 Å². The Kier molecular flexibility index (Phi) is 5.28. The van der Waals surface area contributed by atoms with Crippen LogP contribution in [0.5, 0.6) is 5.75 Å². The maximum Gasteiger partial charge on any atom is 0.290 e. The van der Waals surface area contributed by atoms with Gasteiger partial charge in [0.05, 0.1) is 6.10 Å². The van der Waals surface area contributed by atoms with Crippen LogP contribution in [-0.2, 0) is 4.79 Å². The lowest BCUT2D eigenvalue weighted by molar-refractivity contribution is -0.319. The molecule has 3 N–H and O–H groups in total. The molecule has 0 unspecified atom stereocenters. The minimum absolute atomic E-state index is 0.0884. The van der Waals surface area contributed by atoms with E-state index in [0.717, 1.165) is 12.0 Å². The van der Waals surface area contributed by atoms with Crippen LogP contribution in [0.1, 0.15) is 44.2 Å². The fraction of sp³-hybridized carbons (Fsp3) is 0.533. The molecule has 0 heterocycles. The minimum atomic E-state index is -3.12. The third kappa shape index (κ3) is 4.03. The topological polar surface area (TPSA) is 87.0 Å². The number of aliphatic hydroxyl groups is 3. The molecule has 0 fully saturated rings. The second-order valence-corrected chi connectivity index (χ2v) is 5.11. The molecular weight excluding hydrogens is 260 g/mol. The molecule has 0 amide bonds. The van der Waals surface area contributed by atoms with E-state index in [-0.39, 0.29) is 11.7 Å². The van der Waals surface area contributed by atoms with Crippen LogP contribution in [0.15, 0.2) is 18.2 Å². The number of rotatable bonds is 6. The van der Waals surface area contributed by atoms with Gasteiger partial charge in [-0.3, -0.25) is 4.79 Å². The summed E-state index contributed by atoms with van der Waals surface area (Å²) >= 11 is 0. The average molecular weight is 282 g/mol. The van der Waals surface area contributed by atoms with Crippen LogP contribution in [0, 0.1) is 6.92 Å². The molecule has 0 spiro atoms. The van der Waals surface area contributed by atoms with Crippen molar-refractivity contribution in [2.45, 2.75) is 52.1 Å². The summed E-state index contributed by atoms with van der Waals surface area (Å²) < 4.78 is 5.69. The number of carbonyl (C=O) groups is 1. The minimum Gasteiger partial charge on any atom is -0.490 e. The molecule has 112 valence electrons. The second-order valence-electron chi connectivity index (χ2n) is 5.11. The average Bonchev–Trinajstić information content (AvgIpc) is 2.30. The van der Waals surface area contributed by atoms with Crippen molar-refractivity contribution in [3.63, 3.8) is 0 Å². The number of Topliss-reactive ketones (excluding diaryl/α,β-unsaturated/α-hetero) is 1. The summed E-state index contributed by atoms with van der Waals surface area (Å²) in [6.45, 7) is 6.82. The first-order valence-corrected chi connectivity index (χ1v) is 6.61. The van der Waals surface area contributed by atoms with Crippen LogP contribution >= 0.6 is 0 Å². The molecule has 0 bridgehead atoms. The Labute approximate surface area is 118 Å². The molecule has 0 saturated carbocycles. The molecule has 0 aliphatic heterocycles. The van der Waals surface area contributed by atoms with Gasteiger partial charge in [-0.05, 0) is 33.3 Å². The van der Waals surface area contributed by atoms with E-state index in [0.29, 0.717) is 5.75 Å². The van der Waals surface area contributed by atoms with Crippen LogP contribution in [0.3, 0.4) is 0 Å². The molecule has 2 atom stereocenters. The highest BCUT2D eigenvalue weighted by Gasteiger charge is 2.39. The van der Waals surface area contributed by atoms with E-state index in [2.05, 4.69) is 0 Å². The monoisotopic (exact) mass is 282 g/mol. The lowest BCUT2D eigenvalue weighted by atomic mass is 9.91. The van der Waals surface area contributed by atoms with Gasteiger partial charge in [0, 0.05) is 5.56 Å². The summed E-state index contributed by atoms with van der Waals surface area (Å²) in [5.41, 5.74) is 1.09. The zero-order chi connectivity index (χ0) is 15.5. The second kappa shape index (κ2) is 6.35. The van der Waals surface area contributed by atoms with E-state index in [9.17, 15) is 20.1 Å². The molecule has 5 heteroatoms. The Bertz CT molecular complexity index is 476. The summed E-state index contributed by atoms with van der Waals surface area (Å²) in [4.78, 5) is 11.7. The Hall–Kier alpha value is -1.43. The van der Waals surface area contributed by atoms with Crippen LogP contribution in [-0.4, -0.2) is 33.2 Å². The van der Waals surface area contributed by atoms with Gasteiger partial charge in [-0.1, -0.05) is 24.6 Å².